The number of nitrogens with zero attached hydrogens (tertiary/aromatic N) is 1. The number of hydrogen-bond acceptors (Lipinski definition) is 4. The van der Waals surface area contributed by atoms with E-state index in [4.69, 9.17) is 4.74 Å². The smallest absolute Gasteiger partial charge is 0.326 e. The highest BCUT2D eigenvalue weighted by molar-refractivity contribution is 5.94. The zero-order chi connectivity index (χ0) is 19.6. The van der Waals surface area contributed by atoms with Crippen molar-refractivity contribution in [3.63, 3.8) is 0 Å². The summed E-state index contributed by atoms with van der Waals surface area (Å²) in [5, 5.41) is 9.58. The van der Waals surface area contributed by atoms with Gasteiger partial charge in [0.25, 0.3) is 5.91 Å². The number of hydrogen-bond donors (Lipinski definition) is 1. The molecular formula is C21H21NO5. The minimum Gasteiger partial charge on any atom is -0.481 e. The maximum atomic E-state index is 12.9. The maximum Gasteiger partial charge on any atom is 0.326 e. The molecule has 2 aromatic carbocycles. The Hall–Kier alpha value is -3.15. The standard InChI is InChI=1S/C21H21NO5/c1-13(23)15-8-5-9-18(10-15)27-14(2)20(24)22-12-17-7-4-3-6-16(17)11-19(22)21(25)26/h3-10,14,19H,11-12H2,1-2H3,(H,25,26). The molecule has 3 rings (SSSR count). The van der Waals surface area contributed by atoms with Gasteiger partial charge in [-0.15, -0.1) is 0 Å². The summed E-state index contributed by atoms with van der Waals surface area (Å²) in [7, 11) is 0. The van der Waals surface area contributed by atoms with Crippen molar-refractivity contribution in [3.8, 4) is 5.75 Å². The Kier molecular flexibility index (Phi) is 5.26. The summed E-state index contributed by atoms with van der Waals surface area (Å²) in [5.74, 6) is -1.14. The van der Waals surface area contributed by atoms with Crippen molar-refractivity contribution in [3.05, 3.63) is 65.2 Å². The molecule has 0 saturated carbocycles. The molecule has 0 spiro atoms. The first-order valence-electron chi connectivity index (χ1n) is 8.74. The van der Waals surface area contributed by atoms with E-state index < -0.39 is 24.0 Å². The Morgan fingerprint density at radius 2 is 1.81 bits per heavy atom. The van der Waals surface area contributed by atoms with Gasteiger partial charge >= 0.3 is 5.97 Å². The molecule has 1 N–H and O–H groups in total. The molecule has 1 heterocycles. The second kappa shape index (κ2) is 7.61. The lowest BCUT2D eigenvalue weighted by molar-refractivity contribution is -0.154. The molecule has 1 aliphatic rings. The van der Waals surface area contributed by atoms with E-state index in [2.05, 4.69) is 0 Å². The van der Waals surface area contributed by atoms with E-state index in [0.29, 0.717) is 11.3 Å². The SMILES string of the molecule is CC(=O)c1cccc(OC(C)C(=O)N2Cc3ccccc3CC2C(=O)O)c1. The lowest BCUT2D eigenvalue weighted by Gasteiger charge is -2.35. The number of aliphatic carboxylic acids is 1. The molecule has 2 atom stereocenters. The predicted octanol–water partition coefficient (Wildman–Crippen LogP) is 2.69. The number of carboxylic acid groups (broad SMARTS) is 1. The van der Waals surface area contributed by atoms with Crippen LogP contribution in [0.1, 0.15) is 35.3 Å². The fourth-order valence-corrected chi connectivity index (χ4v) is 3.25. The van der Waals surface area contributed by atoms with Gasteiger partial charge in [-0.2, -0.15) is 0 Å². The second-order valence-electron chi connectivity index (χ2n) is 6.64. The molecule has 1 amide bonds. The normalized spacial score (nSPS) is 17.0. The van der Waals surface area contributed by atoms with E-state index in [1.807, 2.05) is 24.3 Å². The van der Waals surface area contributed by atoms with E-state index >= 15 is 0 Å². The molecule has 0 fully saturated rings. The van der Waals surface area contributed by atoms with Crippen molar-refractivity contribution in [2.75, 3.05) is 0 Å². The lowest BCUT2D eigenvalue weighted by Crippen LogP contribution is -2.52. The van der Waals surface area contributed by atoms with Gasteiger partial charge in [-0.3, -0.25) is 9.59 Å². The molecule has 0 saturated heterocycles. The summed E-state index contributed by atoms with van der Waals surface area (Å²) in [5.41, 5.74) is 2.37. The number of Topliss-reactive ketones (excluding diaryl/α,β-unsaturated/α-hetero) is 1. The van der Waals surface area contributed by atoms with Crippen molar-refractivity contribution in [2.45, 2.75) is 39.0 Å². The summed E-state index contributed by atoms with van der Waals surface area (Å²) in [6.07, 6.45) is -0.608. The number of benzene rings is 2. The van der Waals surface area contributed by atoms with Gasteiger partial charge in [-0.25, -0.2) is 4.79 Å². The van der Waals surface area contributed by atoms with Gasteiger partial charge < -0.3 is 14.7 Å². The van der Waals surface area contributed by atoms with Crippen LogP contribution in [0.2, 0.25) is 0 Å². The molecule has 27 heavy (non-hydrogen) atoms. The number of ketones is 1. The minimum absolute atomic E-state index is 0.0991. The van der Waals surface area contributed by atoms with Crippen LogP contribution in [0, 0.1) is 0 Å². The van der Waals surface area contributed by atoms with Crippen LogP contribution in [0.5, 0.6) is 5.75 Å². The zero-order valence-corrected chi connectivity index (χ0v) is 15.2. The number of carboxylic acids is 1. The van der Waals surface area contributed by atoms with Crippen LogP contribution in [0.3, 0.4) is 0 Å². The summed E-state index contributed by atoms with van der Waals surface area (Å²) in [6.45, 7) is 3.27. The average Bonchev–Trinajstić information content (AvgIpc) is 2.66. The van der Waals surface area contributed by atoms with Crippen LogP contribution >= 0.6 is 0 Å². The van der Waals surface area contributed by atoms with Crippen LogP contribution in [0.25, 0.3) is 0 Å². The number of fused-ring (bicyclic) bond motifs is 1. The molecule has 1 aliphatic heterocycles. The van der Waals surface area contributed by atoms with Crippen molar-refractivity contribution >= 4 is 17.7 Å². The number of carbonyl (C=O) groups is 3. The number of amides is 1. The quantitative estimate of drug-likeness (QED) is 0.822. The fraction of sp³-hybridized carbons (Fsp3) is 0.286. The first-order valence-corrected chi connectivity index (χ1v) is 8.74. The summed E-state index contributed by atoms with van der Waals surface area (Å²) in [6, 6.07) is 13.2. The molecule has 0 aliphatic carbocycles. The predicted molar refractivity (Wildman–Crippen MR) is 98.7 cm³/mol. The maximum absolute atomic E-state index is 12.9. The monoisotopic (exact) mass is 367 g/mol. The number of rotatable bonds is 5. The summed E-state index contributed by atoms with van der Waals surface area (Å²) < 4.78 is 5.70. The van der Waals surface area contributed by atoms with Crippen LogP contribution in [0.4, 0.5) is 0 Å². The van der Waals surface area contributed by atoms with Crippen molar-refractivity contribution in [2.24, 2.45) is 0 Å². The van der Waals surface area contributed by atoms with Gasteiger partial charge in [0.1, 0.15) is 11.8 Å². The van der Waals surface area contributed by atoms with Gasteiger partial charge in [0.05, 0.1) is 0 Å². The average molecular weight is 367 g/mol. The number of ether oxygens (including phenoxy) is 1. The Balaban J connectivity index is 1.80. The molecule has 6 heteroatoms. The van der Waals surface area contributed by atoms with E-state index in [1.54, 1.807) is 31.2 Å². The van der Waals surface area contributed by atoms with Gasteiger partial charge in [-0.05, 0) is 37.1 Å². The molecule has 0 bridgehead atoms. The molecule has 6 nitrogen and oxygen atoms in total. The molecular weight excluding hydrogens is 346 g/mol. The Morgan fingerprint density at radius 3 is 2.48 bits per heavy atom. The van der Waals surface area contributed by atoms with Crippen LogP contribution in [0.15, 0.2) is 48.5 Å². The van der Waals surface area contributed by atoms with Crippen molar-refractivity contribution < 1.29 is 24.2 Å². The topological polar surface area (TPSA) is 83.9 Å². The summed E-state index contributed by atoms with van der Waals surface area (Å²) >= 11 is 0. The molecule has 0 radical (unpaired) electrons. The second-order valence-corrected chi connectivity index (χ2v) is 6.64. The van der Waals surface area contributed by atoms with Gasteiger partial charge in [0, 0.05) is 18.5 Å². The molecule has 0 aromatic heterocycles. The van der Waals surface area contributed by atoms with Gasteiger partial charge in [-0.1, -0.05) is 36.4 Å². The fourth-order valence-electron chi connectivity index (χ4n) is 3.25. The zero-order valence-electron chi connectivity index (χ0n) is 15.2. The number of carbonyl (C=O) groups excluding carboxylic acids is 2. The van der Waals surface area contributed by atoms with E-state index in [9.17, 15) is 19.5 Å². The van der Waals surface area contributed by atoms with Crippen molar-refractivity contribution in [1.29, 1.82) is 0 Å². The van der Waals surface area contributed by atoms with Crippen LogP contribution in [-0.4, -0.2) is 39.8 Å². The third kappa shape index (κ3) is 4.00. The Morgan fingerprint density at radius 1 is 1.11 bits per heavy atom. The Bertz CT molecular complexity index is 892. The third-order valence-corrected chi connectivity index (χ3v) is 4.72. The third-order valence-electron chi connectivity index (χ3n) is 4.72. The van der Waals surface area contributed by atoms with Gasteiger partial charge in [0.2, 0.25) is 0 Å². The minimum atomic E-state index is -1.04. The highest BCUT2D eigenvalue weighted by Crippen LogP contribution is 2.25. The molecule has 2 aromatic rings. The highest BCUT2D eigenvalue weighted by Gasteiger charge is 2.36. The van der Waals surface area contributed by atoms with Crippen LogP contribution < -0.4 is 4.74 Å². The van der Waals surface area contributed by atoms with E-state index in [-0.39, 0.29) is 18.7 Å². The largest absolute Gasteiger partial charge is 0.481 e. The first-order chi connectivity index (χ1) is 12.9. The molecule has 2 unspecified atom stereocenters. The van der Waals surface area contributed by atoms with Gasteiger partial charge in [0.15, 0.2) is 11.9 Å². The van der Waals surface area contributed by atoms with E-state index in [1.165, 1.54) is 11.8 Å². The lowest BCUT2D eigenvalue weighted by atomic mass is 9.93. The van der Waals surface area contributed by atoms with Crippen LogP contribution in [-0.2, 0) is 22.6 Å². The Labute approximate surface area is 157 Å². The highest BCUT2D eigenvalue weighted by atomic mass is 16.5. The van der Waals surface area contributed by atoms with Crippen molar-refractivity contribution in [1.82, 2.24) is 4.90 Å². The van der Waals surface area contributed by atoms with E-state index in [0.717, 1.165) is 11.1 Å². The first kappa shape index (κ1) is 18.6. The summed E-state index contributed by atoms with van der Waals surface area (Å²) in [4.78, 5) is 37.5. The molecule has 140 valence electrons.